The summed E-state index contributed by atoms with van der Waals surface area (Å²) in [6.07, 6.45) is 0. The molecule has 3 N–H and O–H groups in total. The van der Waals surface area contributed by atoms with E-state index in [9.17, 15) is 4.39 Å². The van der Waals surface area contributed by atoms with E-state index in [1.54, 1.807) is 18.2 Å². The summed E-state index contributed by atoms with van der Waals surface area (Å²) in [5.41, 5.74) is 6.34. The first kappa shape index (κ1) is 14.6. The van der Waals surface area contributed by atoms with E-state index in [2.05, 4.69) is 0 Å². The first-order chi connectivity index (χ1) is 9.47. The van der Waals surface area contributed by atoms with Crippen LogP contribution >= 0.6 is 23.2 Å². The van der Waals surface area contributed by atoms with Gasteiger partial charge < -0.3 is 10.5 Å². The molecule has 0 atom stereocenters. The Kier molecular flexibility index (Phi) is 4.47. The molecule has 0 aromatic heterocycles. The van der Waals surface area contributed by atoms with Crippen LogP contribution in [-0.4, -0.2) is 5.84 Å². The summed E-state index contributed by atoms with van der Waals surface area (Å²) in [5.74, 6) is -0.135. The standard InChI is InChI=1S/C14H11Cl2FN2O/c15-12-4-3-10(6-13(12)16)20-7-8-1-2-9(17)5-11(8)14(18)19/h1-6H,7H2,(H3,18,19). The second-order valence-corrected chi connectivity index (χ2v) is 4.89. The van der Waals surface area contributed by atoms with E-state index >= 15 is 0 Å². The molecule has 0 aliphatic rings. The minimum Gasteiger partial charge on any atom is -0.489 e. The zero-order valence-corrected chi connectivity index (χ0v) is 11.8. The minimum atomic E-state index is -0.450. The number of hydrogen-bond acceptors (Lipinski definition) is 2. The van der Waals surface area contributed by atoms with E-state index in [0.717, 1.165) is 0 Å². The Morgan fingerprint density at radius 1 is 1.15 bits per heavy atom. The third-order valence-corrected chi connectivity index (χ3v) is 3.39. The lowest BCUT2D eigenvalue weighted by atomic mass is 10.1. The van der Waals surface area contributed by atoms with E-state index in [0.29, 0.717) is 26.9 Å². The Morgan fingerprint density at radius 3 is 2.55 bits per heavy atom. The predicted octanol–water partition coefficient (Wildman–Crippen LogP) is 4.00. The van der Waals surface area contributed by atoms with Crippen molar-refractivity contribution in [2.75, 3.05) is 0 Å². The van der Waals surface area contributed by atoms with Crippen LogP contribution in [0.1, 0.15) is 11.1 Å². The number of nitrogens with two attached hydrogens (primary N) is 1. The number of halogens is 3. The average Bonchev–Trinajstić information content (AvgIpc) is 2.41. The van der Waals surface area contributed by atoms with Crippen molar-refractivity contribution >= 4 is 29.0 Å². The molecular formula is C14H11Cl2FN2O. The molecular weight excluding hydrogens is 302 g/mol. The zero-order chi connectivity index (χ0) is 14.7. The van der Waals surface area contributed by atoms with Gasteiger partial charge in [0.2, 0.25) is 0 Å². The molecule has 0 saturated heterocycles. The van der Waals surface area contributed by atoms with Crippen molar-refractivity contribution in [1.82, 2.24) is 0 Å². The molecule has 0 spiro atoms. The van der Waals surface area contributed by atoms with Crippen LogP contribution in [0.3, 0.4) is 0 Å². The quantitative estimate of drug-likeness (QED) is 0.662. The Labute approximate surface area is 125 Å². The number of benzene rings is 2. The number of hydrogen-bond donors (Lipinski definition) is 2. The van der Waals surface area contributed by atoms with Gasteiger partial charge in [-0.15, -0.1) is 0 Å². The zero-order valence-electron chi connectivity index (χ0n) is 10.3. The minimum absolute atomic E-state index is 0.146. The van der Waals surface area contributed by atoms with Gasteiger partial charge in [-0.1, -0.05) is 29.3 Å². The Bertz CT molecular complexity index is 662. The van der Waals surface area contributed by atoms with Gasteiger partial charge in [-0.2, -0.15) is 0 Å². The summed E-state index contributed by atoms with van der Waals surface area (Å²) in [5, 5.41) is 8.25. The Morgan fingerprint density at radius 2 is 1.90 bits per heavy atom. The molecule has 0 aliphatic heterocycles. The van der Waals surface area contributed by atoms with Crippen LogP contribution in [0.2, 0.25) is 10.0 Å². The van der Waals surface area contributed by atoms with Gasteiger partial charge in [0.15, 0.2) is 0 Å². The second-order valence-electron chi connectivity index (χ2n) is 4.08. The molecule has 0 heterocycles. The van der Waals surface area contributed by atoms with E-state index in [4.69, 9.17) is 39.1 Å². The first-order valence-electron chi connectivity index (χ1n) is 5.68. The van der Waals surface area contributed by atoms with Gasteiger partial charge in [0.05, 0.1) is 10.0 Å². The van der Waals surface area contributed by atoms with Gasteiger partial charge in [-0.3, -0.25) is 5.41 Å². The summed E-state index contributed by atoms with van der Waals surface area (Å²) in [4.78, 5) is 0. The number of rotatable bonds is 4. The highest BCUT2D eigenvalue weighted by Gasteiger charge is 2.08. The van der Waals surface area contributed by atoms with Gasteiger partial charge in [0, 0.05) is 17.2 Å². The number of amidine groups is 1. The molecule has 20 heavy (non-hydrogen) atoms. The van der Waals surface area contributed by atoms with Gasteiger partial charge in [-0.05, 0) is 24.3 Å². The summed E-state index contributed by atoms with van der Waals surface area (Å²) >= 11 is 11.7. The maximum atomic E-state index is 13.1. The smallest absolute Gasteiger partial charge is 0.123 e. The van der Waals surface area contributed by atoms with E-state index in [-0.39, 0.29) is 12.4 Å². The highest BCUT2D eigenvalue weighted by molar-refractivity contribution is 6.42. The topological polar surface area (TPSA) is 59.1 Å². The lowest BCUT2D eigenvalue weighted by Gasteiger charge is -2.11. The van der Waals surface area contributed by atoms with E-state index in [1.165, 1.54) is 18.2 Å². The van der Waals surface area contributed by atoms with Crippen molar-refractivity contribution in [1.29, 1.82) is 5.41 Å². The molecule has 3 nitrogen and oxygen atoms in total. The monoisotopic (exact) mass is 312 g/mol. The van der Waals surface area contributed by atoms with Crippen LogP contribution in [0.25, 0.3) is 0 Å². The maximum Gasteiger partial charge on any atom is 0.123 e. The fourth-order valence-electron chi connectivity index (χ4n) is 1.65. The molecule has 2 aromatic rings. The van der Waals surface area contributed by atoms with Crippen LogP contribution in [0, 0.1) is 11.2 Å². The summed E-state index contributed by atoms with van der Waals surface area (Å²) < 4.78 is 18.7. The fourth-order valence-corrected chi connectivity index (χ4v) is 1.94. The first-order valence-corrected chi connectivity index (χ1v) is 6.43. The largest absolute Gasteiger partial charge is 0.489 e. The fraction of sp³-hybridized carbons (Fsp3) is 0.0714. The summed E-state index contributed by atoms with van der Waals surface area (Å²) in [6, 6.07) is 8.90. The second kappa shape index (κ2) is 6.11. The number of nitrogen functional groups attached to an aromatic ring is 1. The Balaban J connectivity index is 2.18. The summed E-state index contributed by atoms with van der Waals surface area (Å²) in [6.45, 7) is 0.146. The maximum absolute atomic E-state index is 13.1. The predicted molar refractivity (Wildman–Crippen MR) is 78.2 cm³/mol. The van der Waals surface area contributed by atoms with Gasteiger partial charge in [0.25, 0.3) is 0 Å². The third-order valence-electron chi connectivity index (χ3n) is 2.65. The van der Waals surface area contributed by atoms with E-state index < -0.39 is 5.82 Å². The molecule has 0 fully saturated rings. The molecule has 0 aliphatic carbocycles. The van der Waals surface area contributed by atoms with Crippen LogP contribution in [-0.2, 0) is 6.61 Å². The summed E-state index contributed by atoms with van der Waals surface area (Å²) in [7, 11) is 0. The molecule has 2 aromatic carbocycles. The van der Waals surface area contributed by atoms with E-state index in [1.807, 2.05) is 0 Å². The highest BCUT2D eigenvalue weighted by atomic mass is 35.5. The molecule has 0 unspecified atom stereocenters. The van der Waals surface area contributed by atoms with Crippen LogP contribution in [0.15, 0.2) is 36.4 Å². The molecule has 2 rings (SSSR count). The van der Waals surface area contributed by atoms with Crippen molar-refractivity contribution in [2.45, 2.75) is 6.61 Å². The molecule has 0 saturated carbocycles. The molecule has 0 bridgehead atoms. The van der Waals surface area contributed by atoms with Crippen molar-refractivity contribution in [2.24, 2.45) is 5.73 Å². The highest BCUT2D eigenvalue weighted by Crippen LogP contribution is 2.27. The van der Waals surface area contributed by atoms with Crippen LogP contribution in [0.4, 0.5) is 4.39 Å². The van der Waals surface area contributed by atoms with Gasteiger partial charge >= 0.3 is 0 Å². The third kappa shape index (κ3) is 3.40. The van der Waals surface area contributed by atoms with Crippen molar-refractivity contribution < 1.29 is 9.13 Å². The SMILES string of the molecule is N=C(N)c1cc(F)ccc1COc1ccc(Cl)c(Cl)c1. The molecule has 0 amide bonds. The van der Waals surface area contributed by atoms with Crippen LogP contribution in [0.5, 0.6) is 5.75 Å². The van der Waals surface area contributed by atoms with Crippen molar-refractivity contribution in [3.63, 3.8) is 0 Å². The lowest BCUT2D eigenvalue weighted by Crippen LogP contribution is -2.15. The number of nitrogens with one attached hydrogen (secondary N) is 1. The normalized spacial score (nSPS) is 10.3. The molecule has 0 radical (unpaired) electrons. The van der Waals surface area contributed by atoms with Crippen LogP contribution < -0.4 is 10.5 Å². The lowest BCUT2D eigenvalue weighted by molar-refractivity contribution is 0.306. The average molecular weight is 313 g/mol. The number of ether oxygens (including phenoxy) is 1. The molecule has 6 heteroatoms. The van der Waals surface area contributed by atoms with Gasteiger partial charge in [-0.25, -0.2) is 4.39 Å². The van der Waals surface area contributed by atoms with Crippen molar-refractivity contribution in [3.05, 3.63) is 63.4 Å². The van der Waals surface area contributed by atoms with Gasteiger partial charge in [0.1, 0.15) is 24.0 Å². The Hall–Kier alpha value is -1.78. The molecule has 104 valence electrons. The van der Waals surface area contributed by atoms with Crippen molar-refractivity contribution in [3.8, 4) is 5.75 Å².